The van der Waals surface area contributed by atoms with E-state index in [2.05, 4.69) is 57.0 Å². The van der Waals surface area contributed by atoms with Crippen LogP contribution in [0, 0.1) is 11.3 Å². The Morgan fingerprint density at radius 1 is 1.33 bits per heavy atom. The Morgan fingerprint density at radius 3 is 2.76 bits per heavy atom. The molecule has 0 bridgehead atoms. The third kappa shape index (κ3) is 3.34. The molecule has 2 heterocycles. The molecule has 3 rings (SSSR count). The molecule has 2 saturated heterocycles. The summed E-state index contributed by atoms with van der Waals surface area (Å²) in [5.74, 6) is 0.468. The van der Waals surface area contributed by atoms with Gasteiger partial charge in [0.2, 0.25) is 0 Å². The first kappa shape index (κ1) is 15.5. The molecule has 3 nitrogen and oxygen atoms in total. The minimum atomic E-state index is 0.343. The van der Waals surface area contributed by atoms with Gasteiger partial charge in [-0.25, -0.2) is 0 Å². The van der Waals surface area contributed by atoms with Crippen molar-refractivity contribution in [3.63, 3.8) is 0 Å². The first-order chi connectivity index (χ1) is 10.1. The summed E-state index contributed by atoms with van der Waals surface area (Å²) in [5.41, 5.74) is 1.74. The molecule has 1 aromatic carbocycles. The third-order valence-electron chi connectivity index (χ3n) is 5.35. The van der Waals surface area contributed by atoms with Gasteiger partial charge in [0.15, 0.2) is 0 Å². The average molecular weight is 353 g/mol. The van der Waals surface area contributed by atoms with Crippen molar-refractivity contribution in [1.29, 1.82) is 0 Å². The van der Waals surface area contributed by atoms with E-state index in [1.165, 1.54) is 18.4 Å². The maximum absolute atomic E-state index is 9.69. The summed E-state index contributed by atoms with van der Waals surface area (Å²) in [7, 11) is 2.19. The monoisotopic (exact) mass is 352 g/mol. The summed E-state index contributed by atoms with van der Waals surface area (Å²) in [6.45, 7) is 5.89. The van der Waals surface area contributed by atoms with Gasteiger partial charge in [-0.1, -0.05) is 28.1 Å². The molecule has 4 heteroatoms. The van der Waals surface area contributed by atoms with Gasteiger partial charge in [0.25, 0.3) is 0 Å². The fraction of sp³-hybridized carbons (Fsp3) is 0.647. The van der Waals surface area contributed by atoms with Crippen molar-refractivity contribution in [2.24, 2.45) is 11.3 Å². The number of halogens is 1. The van der Waals surface area contributed by atoms with Crippen LogP contribution in [-0.4, -0.2) is 54.7 Å². The van der Waals surface area contributed by atoms with Crippen molar-refractivity contribution in [3.05, 3.63) is 34.3 Å². The van der Waals surface area contributed by atoms with E-state index < -0.39 is 0 Å². The maximum Gasteiger partial charge on any atom is 0.0477 e. The van der Waals surface area contributed by atoms with E-state index in [1.807, 2.05) is 0 Å². The molecule has 0 amide bonds. The van der Waals surface area contributed by atoms with Crippen LogP contribution in [0.1, 0.15) is 18.4 Å². The van der Waals surface area contributed by atoms with Gasteiger partial charge in [0.1, 0.15) is 0 Å². The Morgan fingerprint density at radius 2 is 2.10 bits per heavy atom. The van der Waals surface area contributed by atoms with E-state index in [0.29, 0.717) is 17.9 Å². The molecule has 0 aromatic heterocycles. The zero-order valence-corrected chi connectivity index (χ0v) is 14.3. The smallest absolute Gasteiger partial charge is 0.0477 e. The van der Waals surface area contributed by atoms with Gasteiger partial charge in [0.05, 0.1) is 0 Å². The first-order valence-corrected chi connectivity index (χ1v) is 8.67. The highest BCUT2D eigenvalue weighted by Gasteiger charge is 2.46. The number of hydrogen-bond donors (Lipinski definition) is 1. The van der Waals surface area contributed by atoms with Gasteiger partial charge in [-0.2, -0.15) is 0 Å². The van der Waals surface area contributed by atoms with E-state index in [0.717, 1.165) is 37.2 Å². The van der Waals surface area contributed by atoms with Crippen LogP contribution in [0.15, 0.2) is 28.7 Å². The number of benzene rings is 1. The lowest BCUT2D eigenvalue weighted by Crippen LogP contribution is -2.44. The summed E-state index contributed by atoms with van der Waals surface area (Å²) in [6, 6.07) is 8.60. The van der Waals surface area contributed by atoms with E-state index >= 15 is 0 Å². The van der Waals surface area contributed by atoms with E-state index in [1.54, 1.807) is 0 Å². The highest BCUT2D eigenvalue weighted by Crippen LogP contribution is 2.44. The standard InChI is InChI=1S/C17H25BrN2O/c1-19-11-15(12-21)17(13-19)5-7-20(8-6-17)10-14-3-2-4-16(18)9-14/h2-4,9,15,21H,5-8,10-13H2,1H3. The summed E-state index contributed by atoms with van der Waals surface area (Å²) >= 11 is 3.55. The van der Waals surface area contributed by atoms with Crippen LogP contribution >= 0.6 is 15.9 Å². The van der Waals surface area contributed by atoms with Gasteiger partial charge in [0, 0.05) is 36.6 Å². The molecule has 1 aromatic rings. The van der Waals surface area contributed by atoms with Gasteiger partial charge in [-0.15, -0.1) is 0 Å². The second-order valence-electron chi connectivity index (χ2n) is 6.84. The number of hydrogen-bond acceptors (Lipinski definition) is 3. The summed E-state index contributed by atoms with van der Waals surface area (Å²) in [5, 5.41) is 9.69. The van der Waals surface area contributed by atoms with Crippen LogP contribution in [0.5, 0.6) is 0 Å². The lowest BCUT2D eigenvalue weighted by Gasteiger charge is -2.42. The first-order valence-electron chi connectivity index (χ1n) is 7.87. The van der Waals surface area contributed by atoms with Crippen LogP contribution in [0.25, 0.3) is 0 Å². The minimum Gasteiger partial charge on any atom is -0.396 e. The SMILES string of the molecule is CN1CC(CO)C2(CCN(Cc3cccc(Br)c3)CC2)C1. The highest BCUT2D eigenvalue weighted by atomic mass is 79.9. The number of aliphatic hydroxyl groups is 1. The molecule has 116 valence electrons. The molecular weight excluding hydrogens is 328 g/mol. The molecule has 1 unspecified atom stereocenters. The topological polar surface area (TPSA) is 26.7 Å². The molecule has 1 N–H and O–H groups in total. The Balaban J connectivity index is 1.60. The molecule has 2 fully saturated rings. The Hall–Kier alpha value is -0.420. The largest absolute Gasteiger partial charge is 0.396 e. The number of rotatable bonds is 3. The number of likely N-dealkylation sites (tertiary alicyclic amines) is 2. The molecule has 2 aliphatic rings. The predicted molar refractivity (Wildman–Crippen MR) is 89.2 cm³/mol. The highest BCUT2D eigenvalue weighted by molar-refractivity contribution is 9.10. The molecule has 0 aliphatic carbocycles. The quantitative estimate of drug-likeness (QED) is 0.905. The van der Waals surface area contributed by atoms with E-state index in [9.17, 15) is 5.11 Å². The molecule has 1 spiro atoms. The Labute approximate surface area is 136 Å². The fourth-order valence-electron chi connectivity index (χ4n) is 4.17. The second-order valence-corrected chi connectivity index (χ2v) is 7.76. The second kappa shape index (κ2) is 6.37. The molecule has 21 heavy (non-hydrogen) atoms. The molecular formula is C17H25BrN2O. The molecule has 1 atom stereocenters. The van der Waals surface area contributed by atoms with Crippen molar-refractivity contribution < 1.29 is 5.11 Å². The van der Waals surface area contributed by atoms with E-state index in [-0.39, 0.29) is 0 Å². The van der Waals surface area contributed by atoms with Crippen LogP contribution in [0.4, 0.5) is 0 Å². The Bertz CT molecular complexity index is 485. The summed E-state index contributed by atoms with van der Waals surface area (Å²) < 4.78 is 1.16. The number of aliphatic hydroxyl groups excluding tert-OH is 1. The van der Waals surface area contributed by atoms with Crippen molar-refractivity contribution in [2.45, 2.75) is 19.4 Å². The van der Waals surface area contributed by atoms with Crippen molar-refractivity contribution in [3.8, 4) is 0 Å². The summed E-state index contributed by atoms with van der Waals surface area (Å²) in [6.07, 6.45) is 2.44. The molecule has 2 aliphatic heterocycles. The molecule has 0 radical (unpaired) electrons. The third-order valence-corrected chi connectivity index (χ3v) is 5.84. The van der Waals surface area contributed by atoms with Gasteiger partial charge in [-0.05, 0) is 56.1 Å². The van der Waals surface area contributed by atoms with Gasteiger partial charge >= 0.3 is 0 Å². The van der Waals surface area contributed by atoms with Crippen LogP contribution in [-0.2, 0) is 6.54 Å². The normalized spacial score (nSPS) is 26.5. The van der Waals surface area contributed by atoms with Crippen LogP contribution in [0.2, 0.25) is 0 Å². The Kier molecular flexibility index (Phi) is 4.69. The summed E-state index contributed by atoms with van der Waals surface area (Å²) in [4.78, 5) is 4.95. The van der Waals surface area contributed by atoms with Crippen molar-refractivity contribution in [1.82, 2.24) is 9.80 Å². The molecule has 0 saturated carbocycles. The number of piperidine rings is 1. The lowest BCUT2D eigenvalue weighted by atomic mass is 9.71. The predicted octanol–water partition coefficient (Wildman–Crippen LogP) is 2.59. The van der Waals surface area contributed by atoms with Gasteiger partial charge < -0.3 is 10.0 Å². The van der Waals surface area contributed by atoms with E-state index in [4.69, 9.17) is 0 Å². The lowest BCUT2D eigenvalue weighted by molar-refractivity contribution is 0.0488. The van der Waals surface area contributed by atoms with Crippen molar-refractivity contribution >= 4 is 15.9 Å². The van der Waals surface area contributed by atoms with Crippen molar-refractivity contribution in [2.75, 3.05) is 39.8 Å². The average Bonchev–Trinajstić information content (AvgIpc) is 2.77. The van der Waals surface area contributed by atoms with Crippen LogP contribution < -0.4 is 0 Å². The number of nitrogens with zero attached hydrogens (tertiary/aromatic N) is 2. The zero-order valence-electron chi connectivity index (χ0n) is 12.8. The van der Waals surface area contributed by atoms with Crippen LogP contribution in [0.3, 0.4) is 0 Å². The maximum atomic E-state index is 9.69. The van der Waals surface area contributed by atoms with Gasteiger partial charge in [-0.3, -0.25) is 4.90 Å². The zero-order chi connectivity index (χ0) is 14.9. The fourth-order valence-corrected chi connectivity index (χ4v) is 4.62. The minimum absolute atomic E-state index is 0.343.